The number of thiophene rings is 1. The largest absolute Gasteiger partial charge is 0.363 e. The van der Waals surface area contributed by atoms with Gasteiger partial charge >= 0.3 is 0 Å². The zero-order valence-electron chi connectivity index (χ0n) is 15.3. The van der Waals surface area contributed by atoms with Crippen LogP contribution < -0.4 is 5.32 Å². The van der Waals surface area contributed by atoms with Gasteiger partial charge in [0.15, 0.2) is 0 Å². The number of nitrogens with zero attached hydrogens (tertiary/aromatic N) is 5. The normalized spacial score (nSPS) is 15.2. The predicted octanol–water partition coefficient (Wildman–Crippen LogP) is 4.63. The average molecular weight is 376 g/mol. The summed E-state index contributed by atoms with van der Waals surface area (Å²) in [5.74, 6) is 1.49. The van der Waals surface area contributed by atoms with Crippen molar-refractivity contribution in [2.24, 2.45) is 0 Å². The highest BCUT2D eigenvalue weighted by molar-refractivity contribution is 7.16. The average Bonchev–Trinajstić information content (AvgIpc) is 3.27. The standard InChI is InChI=1S/C20H20N6S/c1-12(23-19-17-9-10-27-20(17)22-11-21-19)14-5-7-16(8-6-14)26-13(2)18(24-25-26)15-3-4-15/h5-12,15H,3-4H2,1-2H3,(H,21,22,23)/t12-/m0/s1. The molecule has 27 heavy (non-hydrogen) atoms. The Morgan fingerprint density at radius 2 is 1.96 bits per heavy atom. The maximum Gasteiger partial charge on any atom is 0.138 e. The van der Waals surface area contributed by atoms with Gasteiger partial charge in [-0.2, -0.15) is 0 Å². The van der Waals surface area contributed by atoms with Crippen molar-refractivity contribution in [2.75, 3.05) is 5.32 Å². The highest BCUT2D eigenvalue weighted by Gasteiger charge is 2.29. The van der Waals surface area contributed by atoms with Gasteiger partial charge in [-0.05, 0) is 55.8 Å². The molecule has 1 aliphatic carbocycles. The van der Waals surface area contributed by atoms with E-state index in [9.17, 15) is 0 Å². The molecule has 0 unspecified atom stereocenters. The summed E-state index contributed by atoms with van der Waals surface area (Å²) in [6.45, 7) is 4.24. The van der Waals surface area contributed by atoms with Crippen LogP contribution in [0.3, 0.4) is 0 Å². The minimum atomic E-state index is 0.135. The molecule has 1 fully saturated rings. The first-order chi connectivity index (χ1) is 13.2. The van der Waals surface area contributed by atoms with Crippen molar-refractivity contribution >= 4 is 27.4 Å². The van der Waals surface area contributed by atoms with Gasteiger partial charge in [-0.3, -0.25) is 0 Å². The number of hydrogen-bond donors (Lipinski definition) is 1. The van der Waals surface area contributed by atoms with Gasteiger partial charge in [0.05, 0.1) is 22.5 Å². The molecule has 1 N–H and O–H groups in total. The van der Waals surface area contributed by atoms with Crippen molar-refractivity contribution in [3.8, 4) is 5.69 Å². The van der Waals surface area contributed by atoms with Crippen molar-refractivity contribution in [1.29, 1.82) is 0 Å². The van der Waals surface area contributed by atoms with Crippen molar-refractivity contribution in [3.05, 3.63) is 59.0 Å². The molecule has 6 nitrogen and oxygen atoms in total. The monoisotopic (exact) mass is 376 g/mol. The fraction of sp³-hybridized carbons (Fsp3) is 0.300. The van der Waals surface area contributed by atoms with Gasteiger partial charge < -0.3 is 5.32 Å². The number of benzene rings is 1. The lowest BCUT2D eigenvalue weighted by atomic mass is 10.1. The van der Waals surface area contributed by atoms with Gasteiger partial charge in [0.1, 0.15) is 17.0 Å². The molecule has 7 heteroatoms. The van der Waals surface area contributed by atoms with Crippen molar-refractivity contribution in [3.63, 3.8) is 0 Å². The molecule has 136 valence electrons. The molecule has 3 aromatic heterocycles. The highest BCUT2D eigenvalue weighted by atomic mass is 32.1. The molecule has 1 saturated carbocycles. The fourth-order valence-electron chi connectivity index (χ4n) is 3.42. The van der Waals surface area contributed by atoms with Crippen LogP contribution in [0.1, 0.15) is 48.7 Å². The molecular formula is C20H20N6S. The Balaban J connectivity index is 1.37. The molecule has 1 atom stereocenters. The molecule has 0 amide bonds. The lowest BCUT2D eigenvalue weighted by molar-refractivity contribution is 0.781. The zero-order valence-corrected chi connectivity index (χ0v) is 16.1. The first-order valence-corrected chi connectivity index (χ1v) is 10.1. The van der Waals surface area contributed by atoms with E-state index < -0.39 is 0 Å². The molecule has 4 aromatic rings. The molecule has 1 aliphatic rings. The lowest BCUT2D eigenvalue weighted by Crippen LogP contribution is -2.08. The molecule has 5 rings (SSSR count). The first-order valence-electron chi connectivity index (χ1n) is 9.18. The van der Waals surface area contributed by atoms with Crippen molar-refractivity contribution < 1.29 is 0 Å². The number of rotatable bonds is 5. The molecule has 0 saturated heterocycles. The van der Waals surface area contributed by atoms with Crippen LogP contribution in [0, 0.1) is 6.92 Å². The van der Waals surface area contributed by atoms with Crippen LogP contribution in [0.4, 0.5) is 5.82 Å². The number of anilines is 1. The molecule has 0 spiro atoms. The topological polar surface area (TPSA) is 68.5 Å². The summed E-state index contributed by atoms with van der Waals surface area (Å²) in [6, 6.07) is 10.7. The number of nitrogens with one attached hydrogen (secondary N) is 1. The second kappa shape index (κ2) is 6.42. The van der Waals surface area contributed by atoms with E-state index in [1.54, 1.807) is 17.7 Å². The highest BCUT2D eigenvalue weighted by Crippen LogP contribution is 2.40. The van der Waals surface area contributed by atoms with E-state index in [1.165, 1.54) is 18.4 Å². The predicted molar refractivity (Wildman–Crippen MR) is 108 cm³/mol. The van der Waals surface area contributed by atoms with E-state index in [2.05, 4.69) is 69.8 Å². The van der Waals surface area contributed by atoms with Crippen LogP contribution in [0.15, 0.2) is 42.0 Å². The Morgan fingerprint density at radius 1 is 1.15 bits per heavy atom. The second-order valence-electron chi connectivity index (χ2n) is 7.07. The summed E-state index contributed by atoms with van der Waals surface area (Å²) in [5.41, 5.74) is 4.54. The van der Waals surface area contributed by atoms with Gasteiger partial charge in [0.2, 0.25) is 0 Å². The van der Waals surface area contributed by atoms with Gasteiger partial charge in [0, 0.05) is 12.0 Å². The Hall–Kier alpha value is -2.80. The molecular weight excluding hydrogens is 356 g/mol. The van der Waals surface area contributed by atoms with Crippen LogP contribution in [0.2, 0.25) is 0 Å². The van der Waals surface area contributed by atoms with Crippen LogP contribution in [0.25, 0.3) is 15.9 Å². The maximum absolute atomic E-state index is 4.41. The minimum absolute atomic E-state index is 0.135. The quantitative estimate of drug-likeness (QED) is 0.550. The number of aromatic nitrogens is 5. The fourth-order valence-corrected chi connectivity index (χ4v) is 4.15. The smallest absolute Gasteiger partial charge is 0.138 e. The van der Waals surface area contributed by atoms with E-state index in [-0.39, 0.29) is 6.04 Å². The maximum atomic E-state index is 4.41. The summed E-state index contributed by atoms with van der Waals surface area (Å²) in [4.78, 5) is 9.72. The van der Waals surface area contributed by atoms with E-state index in [0.29, 0.717) is 5.92 Å². The van der Waals surface area contributed by atoms with Gasteiger partial charge in [0.25, 0.3) is 0 Å². The Kier molecular flexibility index (Phi) is 3.89. The lowest BCUT2D eigenvalue weighted by Gasteiger charge is -2.16. The van der Waals surface area contributed by atoms with Crippen LogP contribution in [-0.2, 0) is 0 Å². The van der Waals surface area contributed by atoms with Crippen molar-refractivity contribution in [1.82, 2.24) is 25.0 Å². The van der Waals surface area contributed by atoms with Crippen LogP contribution >= 0.6 is 11.3 Å². The summed E-state index contributed by atoms with van der Waals surface area (Å²) < 4.78 is 1.94. The molecule has 1 aromatic carbocycles. The van der Waals surface area contributed by atoms with E-state index in [1.807, 2.05) is 10.1 Å². The zero-order chi connectivity index (χ0) is 18.4. The van der Waals surface area contributed by atoms with E-state index in [4.69, 9.17) is 0 Å². The molecule has 3 heterocycles. The summed E-state index contributed by atoms with van der Waals surface area (Å²) >= 11 is 1.63. The van der Waals surface area contributed by atoms with Crippen LogP contribution in [-0.4, -0.2) is 25.0 Å². The SMILES string of the molecule is Cc1c(C2CC2)nnn1-c1ccc([C@H](C)Nc2ncnc3sccc23)cc1. The second-order valence-corrected chi connectivity index (χ2v) is 7.96. The van der Waals surface area contributed by atoms with Gasteiger partial charge in [-0.1, -0.05) is 17.3 Å². The third kappa shape index (κ3) is 2.98. The van der Waals surface area contributed by atoms with E-state index >= 15 is 0 Å². The Morgan fingerprint density at radius 3 is 2.74 bits per heavy atom. The number of hydrogen-bond acceptors (Lipinski definition) is 6. The summed E-state index contributed by atoms with van der Waals surface area (Å²) in [7, 11) is 0. The van der Waals surface area contributed by atoms with Gasteiger partial charge in [-0.25, -0.2) is 14.6 Å². The van der Waals surface area contributed by atoms with Crippen molar-refractivity contribution in [2.45, 2.75) is 38.6 Å². The molecule has 0 aliphatic heterocycles. The molecule has 0 radical (unpaired) electrons. The van der Waals surface area contributed by atoms with Crippen LogP contribution in [0.5, 0.6) is 0 Å². The minimum Gasteiger partial charge on any atom is -0.363 e. The van der Waals surface area contributed by atoms with E-state index in [0.717, 1.165) is 33.1 Å². The number of fused-ring (bicyclic) bond motifs is 1. The summed E-state index contributed by atoms with van der Waals surface area (Å²) in [6.07, 6.45) is 4.09. The Labute approximate surface area is 161 Å². The third-order valence-corrected chi connectivity index (χ3v) is 5.97. The van der Waals surface area contributed by atoms with Gasteiger partial charge in [-0.15, -0.1) is 16.4 Å². The third-order valence-electron chi connectivity index (χ3n) is 5.15. The molecule has 0 bridgehead atoms. The Bertz CT molecular complexity index is 1090. The first kappa shape index (κ1) is 16.4. The summed E-state index contributed by atoms with van der Waals surface area (Å²) in [5, 5.41) is 15.3.